The lowest BCUT2D eigenvalue weighted by molar-refractivity contribution is -0.384. The molecule has 0 atom stereocenters. The minimum atomic E-state index is -0.601. The number of aromatic nitrogens is 2. The monoisotopic (exact) mass is 310 g/mol. The summed E-state index contributed by atoms with van der Waals surface area (Å²) in [5.41, 5.74) is 0.213. The van der Waals surface area contributed by atoms with Crippen LogP contribution in [0.1, 0.15) is 0 Å². The maximum atomic E-state index is 11.0. The summed E-state index contributed by atoms with van der Waals surface area (Å²) < 4.78 is 10.2. The number of benzene rings is 1. The van der Waals surface area contributed by atoms with Crippen molar-refractivity contribution in [3.63, 3.8) is 0 Å². The number of rotatable bonds is 5. The highest BCUT2D eigenvalue weighted by Gasteiger charge is 2.17. The zero-order chi connectivity index (χ0) is 15.4. The number of hydrogen-bond donors (Lipinski definition) is 1. The van der Waals surface area contributed by atoms with E-state index in [-0.39, 0.29) is 16.8 Å². The Morgan fingerprint density at radius 2 is 1.86 bits per heavy atom. The fraction of sp³-hybridized carbons (Fsp3) is 0.167. The van der Waals surface area contributed by atoms with E-state index in [1.54, 1.807) is 18.2 Å². The maximum Gasteiger partial charge on any atom is 0.329 e. The van der Waals surface area contributed by atoms with Gasteiger partial charge in [-0.15, -0.1) is 0 Å². The van der Waals surface area contributed by atoms with E-state index in [4.69, 9.17) is 21.1 Å². The van der Waals surface area contributed by atoms with Crippen molar-refractivity contribution in [2.24, 2.45) is 0 Å². The number of ether oxygens (including phenoxy) is 2. The van der Waals surface area contributed by atoms with Crippen molar-refractivity contribution in [3.8, 4) is 11.5 Å². The van der Waals surface area contributed by atoms with Gasteiger partial charge in [0, 0.05) is 23.9 Å². The van der Waals surface area contributed by atoms with Gasteiger partial charge >= 0.3 is 5.69 Å². The number of halogens is 1. The smallest absolute Gasteiger partial charge is 0.329 e. The summed E-state index contributed by atoms with van der Waals surface area (Å²) >= 11 is 5.67. The first-order valence-corrected chi connectivity index (χ1v) is 6.08. The Bertz CT molecular complexity index is 658. The van der Waals surface area contributed by atoms with Crippen molar-refractivity contribution < 1.29 is 14.4 Å². The molecule has 0 radical (unpaired) electrons. The normalized spacial score (nSPS) is 10.0. The molecular weight excluding hydrogens is 300 g/mol. The Kier molecular flexibility index (Phi) is 4.39. The predicted molar refractivity (Wildman–Crippen MR) is 76.5 cm³/mol. The molecule has 0 amide bonds. The van der Waals surface area contributed by atoms with E-state index in [0.29, 0.717) is 17.2 Å². The summed E-state index contributed by atoms with van der Waals surface area (Å²) in [5.74, 6) is 1.04. The molecule has 0 fully saturated rings. The van der Waals surface area contributed by atoms with Crippen molar-refractivity contribution in [2.45, 2.75) is 0 Å². The quantitative estimate of drug-likeness (QED) is 0.515. The highest BCUT2D eigenvalue weighted by molar-refractivity contribution is 6.28. The van der Waals surface area contributed by atoms with Gasteiger partial charge in [0.05, 0.1) is 19.1 Å². The van der Waals surface area contributed by atoms with Crippen LogP contribution in [-0.2, 0) is 0 Å². The zero-order valence-corrected chi connectivity index (χ0v) is 11.9. The van der Waals surface area contributed by atoms with Gasteiger partial charge in [0.2, 0.25) is 11.1 Å². The molecule has 2 aromatic rings. The lowest BCUT2D eigenvalue weighted by Crippen LogP contribution is -2.01. The van der Waals surface area contributed by atoms with E-state index in [9.17, 15) is 10.1 Å². The first kappa shape index (κ1) is 14.8. The van der Waals surface area contributed by atoms with Crippen LogP contribution in [0.4, 0.5) is 17.2 Å². The molecule has 2 rings (SSSR count). The number of methoxy groups -OCH3 is 2. The molecule has 1 aromatic carbocycles. The van der Waals surface area contributed by atoms with Crippen molar-refractivity contribution in [1.82, 2.24) is 9.97 Å². The molecule has 110 valence electrons. The van der Waals surface area contributed by atoms with Gasteiger partial charge in [-0.05, 0) is 11.6 Å². The van der Waals surface area contributed by atoms with E-state index in [0.717, 1.165) is 6.20 Å². The summed E-state index contributed by atoms with van der Waals surface area (Å²) in [6, 6.07) is 4.96. The van der Waals surface area contributed by atoms with Crippen LogP contribution in [-0.4, -0.2) is 29.1 Å². The van der Waals surface area contributed by atoms with Crippen molar-refractivity contribution in [1.29, 1.82) is 0 Å². The second-order valence-corrected chi connectivity index (χ2v) is 4.19. The third-order valence-electron chi connectivity index (χ3n) is 2.55. The molecule has 0 aliphatic carbocycles. The first-order valence-electron chi connectivity index (χ1n) is 5.70. The van der Waals surface area contributed by atoms with Crippen LogP contribution in [0.25, 0.3) is 0 Å². The molecule has 21 heavy (non-hydrogen) atoms. The summed E-state index contributed by atoms with van der Waals surface area (Å²) in [6.45, 7) is 0. The zero-order valence-electron chi connectivity index (χ0n) is 11.2. The van der Waals surface area contributed by atoms with E-state index >= 15 is 0 Å². The highest BCUT2D eigenvalue weighted by Crippen LogP contribution is 2.30. The molecule has 0 bridgehead atoms. The molecule has 1 aromatic heterocycles. The Morgan fingerprint density at radius 1 is 1.24 bits per heavy atom. The van der Waals surface area contributed by atoms with Gasteiger partial charge in [-0.25, -0.2) is 4.98 Å². The molecule has 0 unspecified atom stereocenters. The Morgan fingerprint density at radius 3 is 2.38 bits per heavy atom. The van der Waals surface area contributed by atoms with Gasteiger partial charge in [0.15, 0.2) is 0 Å². The summed E-state index contributed by atoms with van der Waals surface area (Å²) in [4.78, 5) is 17.8. The topological polar surface area (TPSA) is 99.4 Å². The predicted octanol–water partition coefficient (Wildman–Crippen LogP) is 2.80. The lowest BCUT2D eigenvalue weighted by atomic mass is 10.2. The second kappa shape index (κ2) is 6.23. The van der Waals surface area contributed by atoms with E-state index in [1.165, 1.54) is 14.2 Å². The van der Waals surface area contributed by atoms with E-state index < -0.39 is 4.92 Å². The highest BCUT2D eigenvalue weighted by atomic mass is 35.5. The van der Waals surface area contributed by atoms with Gasteiger partial charge in [0.25, 0.3) is 0 Å². The van der Waals surface area contributed by atoms with Crippen molar-refractivity contribution in [2.75, 3.05) is 19.5 Å². The number of hydrogen-bond acceptors (Lipinski definition) is 7. The minimum Gasteiger partial charge on any atom is -0.497 e. The lowest BCUT2D eigenvalue weighted by Gasteiger charge is -2.10. The van der Waals surface area contributed by atoms with Crippen LogP contribution in [0, 0.1) is 10.1 Å². The van der Waals surface area contributed by atoms with Crippen LogP contribution in [0.2, 0.25) is 5.28 Å². The summed E-state index contributed by atoms with van der Waals surface area (Å²) in [7, 11) is 3.01. The van der Waals surface area contributed by atoms with Crippen molar-refractivity contribution in [3.05, 3.63) is 39.8 Å². The fourth-order valence-corrected chi connectivity index (χ4v) is 1.73. The molecule has 0 aliphatic heterocycles. The van der Waals surface area contributed by atoms with Crippen LogP contribution >= 0.6 is 11.6 Å². The standard InChI is InChI=1S/C12H11ClN4O4/c1-20-8-3-7(4-9(5-8)21-2)15-11-10(17(18)19)6-14-12(13)16-11/h3-6H,1-2H3,(H,14,15,16). The van der Waals surface area contributed by atoms with Crippen molar-refractivity contribution >= 4 is 28.8 Å². The van der Waals surface area contributed by atoms with Gasteiger partial charge < -0.3 is 14.8 Å². The third kappa shape index (κ3) is 3.48. The Labute approximate surface area is 124 Å². The fourth-order valence-electron chi connectivity index (χ4n) is 1.60. The minimum absolute atomic E-state index is 0.0182. The number of nitrogens with one attached hydrogen (secondary N) is 1. The SMILES string of the molecule is COc1cc(Nc2nc(Cl)ncc2[N+](=O)[O-])cc(OC)c1. The molecule has 8 nitrogen and oxygen atoms in total. The largest absolute Gasteiger partial charge is 0.497 e. The molecule has 9 heteroatoms. The van der Waals surface area contributed by atoms with Crippen LogP contribution in [0.5, 0.6) is 11.5 Å². The van der Waals surface area contributed by atoms with E-state index in [1.807, 2.05) is 0 Å². The van der Waals surface area contributed by atoms with Crippen LogP contribution < -0.4 is 14.8 Å². The first-order chi connectivity index (χ1) is 10.0. The van der Waals surface area contributed by atoms with E-state index in [2.05, 4.69) is 15.3 Å². The van der Waals surface area contributed by atoms with Gasteiger partial charge in [-0.2, -0.15) is 4.98 Å². The maximum absolute atomic E-state index is 11.0. The number of nitrogens with zero attached hydrogens (tertiary/aromatic N) is 3. The molecule has 0 saturated carbocycles. The Balaban J connectivity index is 2.42. The van der Waals surface area contributed by atoms with Crippen LogP contribution in [0.3, 0.4) is 0 Å². The number of anilines is 2. The molecule has 0 saturated heterocycles. The molecular formula is C12H11ClN4O4. The average molecular weight is 311 g/mol. The molecule has 0 spiro atoms. The Hall–Kier alpha value is -2.61. The van der Waals surface area contributed by atoms with Gasteiger partial charge in [-0.1, -0.05) is 0 Å². The van der Waals surface area contributed by atoms with Crippen LogP contribution in [0.15, 0.2) is 24.4 Å². The number of nitro groups is 1. The molecule has 0 aliphatic rings. The van der Waals surface area contributed by atoms with Gasteiger partial charge in [0.1, 0.15) is 17.7 Å². The second-order valence-electron chi connectivity index (χ2n) is 3.86. The average Bonchev–Trinajstić information content (AvgIpc) is 2.46. The van der Waals surface area contributed by atoms with Gasteiger partial charge in [-0.3, -0.25) is 10.1 Å². The summed E-state index contributed by atoms with van der Waals surface area (Å²) in [6.07, 6.45) is 1.04. The summed E-state index contributed by atoms with van der Waals surface area (Å²) in [5, 5.41) is 13.7. The molecule has 1 heterocycles. The molecule has 1 N–H and O–H groups in total. The third-order valence-corrected chi connectivity index (χ3v) is 2.73.